The summed E-state index contributed by atoms with van der Waals surface area (Å²) >= 11 is 0. The van der Waals surface area contributed by atoms with Crippen molar-refractivity contribution in [2.45, 2.75) is 4.90 Å². The van der Waals surface area contributed by atoms with Crippen LogP contribution in [0.3, 0.4) is 0 Å². The number of aromatic nitrogens is 2. The monoisotopic (exact) mass is 396 g/mol. The summed E-state index contributed by atoms with van der Waals surface area (Å²) in [5, 5.41) is 4.00. The van der Waals surface area contributed by atoms with Crippen LogP contribution in [0.5, 0.6) is 0 Å². The van der Waals surface area contributed by atoms with E-state index in [1.807, 2.05) is 0 Å². The summed E-state index contributed by atoms with van der Waals surface area (Å²) in [5.74, 6) is -2.09. The van der Waals surface area contributed by atoms with Gasteiger partial charge in [0.05, 0.1) is 6.20 Å². The van der Waals surface area contributed by atoms with Crippen molar-refractivity contribution < 1.29 is 22.0 Å². The van der Waals surface area contributed by atoms with Crippen LogP contribution in [0.2, 0.25) is 0 Å². The van der Waals surface area contributed by atoms with Gasteiger partial charge in [-0.2, -0.15) is 9.40 Å². The van der Waals surface area contributed by atoms with Gasteiger partial charge in [0.25, 0.3) is 0 Å². The van der Waals surface area contributed by atoms with Crippen molar-refractivity contribution in [3.8, 4) is 0 Å². The van der Waals surface area contributed by atoms with Crippen molar-refractivity contribution in [2.24, 2.45) is 7.05 Å². The van der Waals surface area contributed by atoms with Crippen LogP contribution in [0.25, 0.3) is 6.08 Å². The average molecular weight is 396 g/mol. The molecule has 0 aliphatic carbocycles. The number of hydrogen-bond donors (Lipinski definition) is 0. The van der Waals surface area contributed by atoms with Gasteiger partial charge in [0, 0.05) is 51.1 Å². The van der Waals surface area contributed by atoms with E-state index >= 15 is 0 Å². The Balaban J connectivity index is 1.65. The Morgan fingerprint density at radius 1 is 1.19 bits per heavy atom. The molecule has 27 heavy (non-hydrogen) atoms. The molecule has 1 amide bonds. The van der Waals surface area contributed by atoms with Crippen LogP contribution < -0.4 is 0 Å². The number of amides is 1. The van der Waals surface area contributed by atoms with E-state index < -0.39 is 26.6 Å². The third-order valence-electron chi connectivity index (χ3n) is 4.20. The van der Waals surface area contributed by atoms with E-state index in [1.54, 1.807) is 30.2 Å². The van der Waals surface area contributed by atoms with Crippen molar-refractivity contribution in [2.75, 3.05) is 26.2 Å². The van der Waals surface area contributed by atoms with Crippen LogP contribution in [-0.2, 0) is 21.9 Å². The van der Waals surface area contributed by atoms with Gasteiger partial charge in [0.2, 0.25) is 15.9 Å². The lowest BCUT2D eigenvalue weighted by Gasteiger charge is -2.33. The third kappa shape index (κ3) is 4.22. The van der Waals surface area contributed by atoms with E-state index in [1.165, 1.54) is 11.0 Å². The SMILES string of the molecule is Cn1cc(/C=C/C(=O)N2CCN(S(=O)(=O)c3cc(F)ccc3F)CC2)cn1. The molecule has 0 bridgehead atoms. The predicted octanol–water partition coefficient (Wildman–Crippen LogP) is 1.24. The highest BCUT2D eigenvalue weighted by molar-refractivity contribution is 7.89. The van der Waals surface area contributed by atoms with Gasteiger partial charge in [-0.15, -0.1) is 0 Å². The molecule has 7 nitrogen and oxygen atoms in total. The molecule has 3 rings (SSSR count). The number of aryl methyl sites for hydroxylation is 1. The highest BCUT2D eigenvalue weighted by Crippen LogP contribution is 2.21. The molecule has 10 heteroatoms. The molecule has 1 aromatic heterocycles. The predicted molar refractivity (Wildman–Crippen MR) is 93.9 cm³/mol. The fourth-order valence-corrected chi connectivity index (χ4v) is 4.26. The lowest BCUT2D eigenvalue weighted by atomic mass is 10.3. The Bertz CT molecular complexity index is 980. The molecule has 1 aromatic carbocycles. The van der Waals surface area contributed by atoms with Crippen LogP contribution in [0.1, 0.15) is 5.56 Å². The van der Waals surface area contributed by atoms with Crippen LogP contribution in [0, 0.1) is 11.6 Å². The standard InChI is InChI=1S/C17H18F2N4O3S/c1-21-12-13(11-20-21)2-5-17(24)22-6-8-23(9-7-22)27(25,26)16-10-14(18)3-4-15(16)19/h2-5,10-12H,6-9H2,1H3/b5-2+. The first-order valence-corrected chi connectivity index (χ1v) is 9.62. The maximum absolute atomic E-state index is 13.8. The largest absolute Gasteiger partial charge is 0.337 e. The van der Waals surface area contributed by atoms with Gasteiger partial charge in [-0.05, 0) is 24.3 Å². The third-order valence-corrected chi connectivity index (χ3v) is 6.12. The first-order chi connectivity index (χ1) is 12.8. The summed E-state index contributed by atoms with van der Waals surface area (Å²) in [6, 6.07) is 2.31. The first-order valence-electron chi connectivity index (χ1n) is 8.18. The Morgan fingerprint density at radius 3 is 2.52 bits per heavy atom. The molecule has 2 aromatic rings. The number of carbonyl (C=O) groups is 1. The van der Waals surface area contributed by atoms with Gasteiger partial charge in [0.1, 0.15) is 16.5 Å². The molecule has 0 unspecified atom stereocenters. The fourth-order valence-electron chi connectivity index (χ4n) is 2.76. The molecule has 0 spiro atoms. The first kappa shape index (κ1) is 19.2. The molecule has 0 N–H and O–H groups in total. The molecule has 0 radical (unpaired) electrons. The van der Waals surface area contributed by atoms with Crippen LogP contribution >= 0.6 is 0 Å². The molecule has 0 atom stereocenters. The van der Waals surface area contributed by atoms with E-state index in [9.17, 15) is 22.0 Å². The Kier molecular flexibility index (Phi) is 5.38. The highest BCUT2D eigenvalue weighted by Gasteiger charge is 2.31. The molecule has 0 saturated carbocycles. The second kappa shape index (κ2) is 7.57. The Hall–Kier alpha value is -2.59. The van der Waals surface area contributed by atoms with Crippen molar-refractivity contribution in [3.63, 3.8) is 0 Å². The van der Waals surface area contributed by atoms with Crippen LogP contribution in [0.4, 0.5) is 8.78 Å². The number of sulfonamides is 1. The smallest absolute Gasteiger partial charge is 0.246 e. The van der Waals surface area contributed by atoms with Crippen molar-refractivity contribution >= 4 is 22.0 Å². The second-order valence-electron chi connectivity index (χ2n) is 6.08. The van der Waals surface area contributed by atoms with Gasteiger partial charge < -0.3 is 4.90 Å². The van der Waals surface area contributed by atoms with E-state index in [2.05, 4.69) is 5.10 Å². The Morgan fingerprint density at radius 2 is 1.89 bits per heavy atom. The number of benzene rings is 1. The quantitative estimate of drug-likeness (QED) is 0.729. The summed E-state index contributed by atoms with van der Waals surface area (Å²) in [7, 11) is -2.40. The number of piperazine rings is 1. The van der Waals surface area contributed by atoms with Gasteiger partial charge in [0.15, 0.2) is 0 Å². The average Bonchev–Trinajstić information content (AvgIpc) is 3.07. The molecule has 1 fully saturated rings. The Labute approximate surface area is 155 Å². The summed E-state index contributed by atoms with van der Waals surface area (Å²) in [5.41, 5.74) is 0.772. The number of hydrogen-bond acceptors (Lipinski definition) is 4. The van der Waals surface area contributed by atoms with Crippen LogP contribution in [0.15, 0.2) is 41.6 Å². The summed E-state index contributed by atoms with van der Waals surface area (Å²) in [4.78, 5) is 13.0. The molecular weight excluding hydrogens is 378 g/mol. The van der Waals surface area contributed by atoms with Gasteiger partial charge in [-0.25, -0.2) is 17.2 Å². The van der Waals surface area contributed by atoms with Gasteiger partial charge in [-0.3, -0.25) is 9.48 Å². The maximum Gasteiger partial charge on any atom is 0.246 e. The zero-order chi connectivity index (χ0) is 19.6. The molecule has 2 heterocycles. The summed E-state index contributed by atoms with van der Waals surface area (Å²) in [6.07, 6.45) is 6.39. The van der Waals surface area contributed by atoms with Crippen molar-refractivity contribution in [3.05, 3.63) is 53.9 Å². The van der Waals surface area contributed by atoms with E-state index in [-0.39, 0.29) is 32.1 Å². The topological polar surface area (TPSA) is 75.5 Å². The summed E-state index contributed by atoms with van der Waals surface area (Å²) in [6.45, 7) is 0.328. The zero-order valence-corrected chi connectivity index (χ0v) is 15.4. The highest BCUT2D eigenvalue weighted by atomic mass is 32.2. The lowest BCUT2D eigenvalue weighted by Crippen LogP contribution is -2.50. The minimum Gasteiger partial charge on any atom is -0.337 e. The number of nitrogens with zero attached hydrogens (tertiary/aromatic N) is 4. The maximum atomic E-state index is 13.8. The van der Waals surface area contributed by atoms with Crippen LogP contribution in [-0.4, -0.2) is 59.5 Å². The number of halogens is 2. The van der Waals surface area contributed by atoms with Gasteiger partial charge in [-0.1, -0.05) is 0 Å². The molecule has 144 valence electrons. The molecule has 1 aliphatic rings. The van der Waals surface area contributed by atoms with E-state index in [0.717, 1.165) is 22.0 Å². The zero-order valence-electron chi connectivity index (χ0n) is 14.5. The number of rotatable bonds is 4. The minimum atomic E-state index is -4.17. The fraction of sp³-hybridized carbons (Fsp3) is 0.294. The molecule has 1 aliphatic heterocycles. The van der Waals surface area contributed by atoms with E-state index in [4.69, 9.17) is 0 Å². The number of carbonyl (C=O) groups excluding carboxylic acids is 1. The molecule has 1 saturated heterocycles. The lowest BCUT2D eigenvalue weighted by molar-refractivity contribution is -0.127. The molecular formula is C17H18F2N4O3S. The second-order valence-corrected chi connectivity index (χ2v) is 7.99. The minimum absolute atomic E-state index is 0.00472. The van der Waals surface area contributed by atoms with E-state index in [0.29, 0.717) is 6.07 Å². The van der Waals surface area contributed by atoms with Gasteiger partial charge >= 0.3 is 0 Å². The normalized spacial score (nSPS) is 16.2. The summed E-state index contributed by atoms with van der Waals surface area (Å²) < 4.78 is 54.9. The van der Waals surface area contributed by atoms with Crippen molar-refractivity contribution in [1.29, 1.82) is 0 Å². The van der Waals surface area contributed by atoms with Crippen molar-refractivity contribution in [1.82, 2.24) is 19.0 Å².